The van der Waals surface area contributed by atoms with Crippen molar-refractivity contribution in [1.82, 2.24) is 0 Å². The Bertz CT molecular complexity index is 586. The summed E-state index contributed by atoms with van der Waals surface area (Å²) in [5.74, 6) is 0. The van der Waals surface area contributed by atoms with E-state index in [0.29, 0.717) is 5.69 Å². The van der Waals surface area contributed by atoms with Crippen LogP contribution in [-0.4, -0.2) is 37.6 Å². The Morgan fingerprint density at radius 1 is 1.16 bits per heavy atom. The van der Waals surface area contributed by atoms with Gasteiger partial charge < -0.3 is 14.0 Å². The molecule has 7 heteroatoms. The number of carbonyl (C=O) groups excluding carboxylic acids is 1. The first-order chi connectivity index (χ1) is 11.6. The molecule has 1 aliphatic heterocycles. The van der Waals surface area contributed by atoms with E-state index in [1.165, 1.54) is 7.11 Å². The molecule has 1 atom stereocenters. The van der Waals surface area contributed by atoms with Gasteiger partial charge in [0.2, 0.25) is 0 Å². The molecule has 25 heavy (non-hydrogen) atoms. The lowest BCUT2D eigenvalue weighted by Gasteiger charge is -2.32. The van der Waals surface area contributed by atoms with Crippen LogP contribution < -0.4 is 10.5 Å². The minimum absolute atomic E-state index is 0.172. The molecule has 2 rings (SSSR count). The van der Waals surface area contributed by atoms with Crippen molar-refractivity contribution in [3.8, 4) is 0 Å². The van der Waals surface area contributed by atoms with E-state index in [2.05, 4.69) is 0 Å². The van der Waals surface area contributed by atoms with Crippen LogP contribution in [0, 0.1) is 0 Å². The smallest absolute Gasteiger partial charge is 0.445 e. The second-order valence-electron chi connectivity index (χ2n) is 7.26. The summed E-state index contributed by atoms with van der Waals surface area (Å²) in [6, 6.07) is 7.28. The van der Waals surface area contributed by atoms with Crippen molar-refractivity contribution in [3.63, 3.8) is 0 Å². The SMILES string of the molecule is CCC(C)OC(=O)N(OC)c1ccc(B2OC(C)(C)C(C)(C)O2)cc1. The fourth-order valence-electron chi connectivity index (χ4n) is 2.33. The summed E-state index contributed by atoms with van der Waals surface area (Å²) < 4.78 is 17.4. The van der Waals surface area contributed by atoms with Gasteiger partial charge in [0.15, 0.2) is 0 Å². The molecular weight excluding hydrogens is 321 g/mol. The molecule has 1 unspecified atom stereocenters. The Hall–Kier alpha value is -1.57. The molecular formula is C18H28BNO5. The zero-order valence-electron chi connectivity index (χ0n) is 16.2. The molecule has 1 saturated heterocycles. The predicted octanol–water partition coefficient (Wildman–Crippen LogP) is 3.29. The molecule has 0 radical (unpaired) electrons. The second-order valence-corrected chi connectivity index (χ2v) is 7.26. The van der Waals surface area contributed by atoms with Crippen LogP contribution in [0.3, 0.4) is 0 Å². The summed E-state index contributed by atoms with van der Waals surface area (Å²) >= 11 is 0. The zero-order valence-corrected chi connectivity index (χ0v) is 16.2. The van der Waals surface area contributed by atoms with Crippen molar-refractivity contribution in [2.75, 3.05) is 12.2 Å². The summed E-state index contributed by atoms with van der Waals surface area (Å²) in [5.41, 5.74) is 0.675. The average Bonchev–Trinajstić information content (AvgIpc) is 2.76. The topological polar surface area (TPSA) is 57.2 Å². The minimum Gasteiger partial charge on any atom is -0.445 e. The van der Waals surface area contributed by atoms with E-state index < -0.39 is 24.4 Å². The number of hydroxylamine groups is 1. The number of rotatable bonds is 5. The number of anilines is 1. The van der Waals surface area contributed by atoms with E-state index in [9.17, 15) is 4.79 Å². The Labute approximate surface area is 150 Å². The van der Waals surface area contributed by atoms with Crippen LogP contribution in [0.2, 0.25) is 0 Å². The number of amides is 1. The van der Waals surface area contributed by atoms with Crippen molar-refractivity contribution in [2.45, 2.75) is 65.3 Å². The van der Waals surface area contributed by atoms with E-state index in [1.807, 2.05) is 53.7 Å². The van der Waals surface area contributed by atoms with Gasteiger partial charge in [0.25, 0.3) is 0 Å². The number of hydrogen-bond acceptors (Lipinski definition) is 5. The van der Waals surface area contributed by atoms with Crippen LogP contribution in [0.5, 0.6) is 0 Å². The molecule has 1 heterocycles. The Balaban J connectivity index is 2.12. The highest BCUT2D eigenvalue weighted by molar-refractivity contribution is 6.62. The Morgan fingerprint density at radius 3 is 2.12 bits per heavy atom. The number of benzene rings is 1. The molecule has 1 amide bonds. The Kier molecular flexibility index (Phi) is 5.81. The van der Waals surface area contributed by atoms with Crippen LogP contribution in [0.1, 0.15) is 48.0 Å². The van der Waals surface area contributed by atoms with Gasteiger partial charge in [-0.3, -0.25) is 4.84 Å². The summed E-state index contributed by atoms with van der Waals surface area (Å²) in [6.45, 7) is 11.8. The van der Waals surface area contributed by atoms with E-state index in [4.69, 9.17) is 18.9 Å². The monoisotopic (exact) mass is 349 g/mol. The van der Waals surface area contributed by atoms with Gasteiger partial charge in [-0.1, -0.05) is 19.1 Å². The normalized spacial score (nSPS) is 19.6. The van der Waals surface area contributed by atoms with Crippen LogP contribution >= 0.6 is 0 Å². The lowest BCUT2D eigenvalue weighted by atomic mass is 9.79. The highest BCUT2D eigenvalue weighted by Crippen LogP contribution is 2.36. The lowest BCUT2D eigenvalue weighted by Crippen LogP contribution is -2.41. The molecule has 0 saturated carbocycles. The van der Waals surface area contributed by atoms with Gasteiger partial charge in [0.05, 0.1) is 24.0 Å². The van der Waals surface area contributed by atoms with Gasteiger partial charge in [-0.05, 0) is 58.6 Å². The third-order valence-electron chi connectivity index (χ3n) is 4.88. The maximum absolute atomic E-state index is 12.2. The van der Waals surface area contributed by atoms with Gasteiger partial charge in [0, 0.05) is 0 Å². The first-order valence-electron chi connectivity index (χ1n) is 8.61. The van der Waals surface area contributed by atoms with Gasteiger partial charge >= 0.3 is 13.2 Å². The molecule has 0 bridgehead atoms. The van der Waals surface area contributed by atoms with Crippen LogP contribution in [0.4, 0.5) is 10.5 Å². The summed E-state index contributed by atoms with van der Waals surface area (Å²) in [6.07, 6.45) is 0.0267. The molecule has 0 spiro atoms. The first-order valence-corrected chi connectivity index (χ1v) is 8.61. The summed E-state index contributed by atoms with van der Waals surface area (Å²) in [5, 5.41) is 1.13. The van der Waals surface area contributed by atoms with Gasteiger partial charge in [-0.15, -0.1) is 0 Å². The third-order valence-corrected chi connectivity index (χ3v) is 4.88. The fourth-order valence-corrected chi connectivity index (χ4v) is 2.33. The molecule has 1 aromatic carbocycles. The van der Waals surface area contributed by atoms with E-state index in [-0.39, 0.29) is 6.10 Å². The molecule has 0 aromatic heterocycles. The lowest BCUT2D eigenvalue weighted by molar-refractivity contribution is 0.00578. The van der Waals surface area contributed by atoms with Crippen molar-refractivity contribution in [2.24, 2.45) is 0 Å². The van der Waals surface area contributed by atoms with Gasteiger partial charge in [0.1, 0.15) is 6.10 Å². The van der Waals surface area contributed by atoms with E-state index in [0.717, 1.165) is 16.9 Å². The average molecular weight is 349 g/mol. The highest BCUT2D eigenvalue weighted by atomic mass is 16.7. The van der Waals surface area contributed by atoms with Gasteiger partial charge in [-0.2, -0.15) is 5.06 Å². The quantitative estimate of drug-likeness (QED) is 0.603. The first kappa shape index (κ1) is 19.8. The maximum atomic E-state index is 12.2. The highest BCUT2D eigenvalue weighted by Gasteiger charge is 2.51. The Morgan fingerprint density at radius 2 is 1.68 bits per heavy atom. The third kappa shape index (κ3) is 4.16. The van der Waals surface area contributed by atoms with Crippen LogP contribution in [-0.2, 0) is 18.9 Å². The number of ether oxygens (including phenoxy) is 1. The summed E-state index contributed by atoms with van der Waals surface area (Å²) in [4.78, 5) is 17.4. The van der Waals surface area contributed by atoms with E-state index >= 15 is 0 Å². The maximum Gasteiger partial charge on any atom is 0.494 e. The standard InChI is InChI=1S/C18H28BNO5/c1-8-13(2)23-16(21)20(22-7)15-11-9-14(10-12-15)19-24-17(3,4)18(5,6)25-19/h9-13H,8H2,1-7H3. The molecule has 1 aromatic rings. The van der Waals surface area contributed by atoms with Crippen molar-refractivity contribution in [1.29, 1.82) is 0 Å². The zero-order chi connectivity index (χ0) is 18.8. The van der Waals surface area contributed by atoms with Crippen molar-refractivity contribution >= 4 is 24.4 Å². The largest absolute Gasteiger partial charge is 0.494 e. The number of carbonyl (C=O) groups is 1. The molecule has 1 aliphatic rings. The summed E-state index contributed by atoms with van der Waals surface area (Å²) in [7, 11) is 0.988. The minimum atomic E-state index is -0.541. The number of hydrogen-bond donors (Lipinski definition) is 0. The molecule has 0 N–H and O–H groups in total. The van der Waals surface area contributed by atoms with Crippen LogP contribution in [0.25, 0.3) is 0 Å². The van der Waals surface area contributed by atoms with Crippen molar-refractivity contribution in [3.05, 3.63) is 24.3 Å². The molecule has 138 valence electrons. The second kappa shape index (κ2) is 7.36. The predicted molar refractivity (Wildman–Crippen MR) is 97.9 cm³/mol. The molecule has 6 nitrogen and oxygen atoms in total. The van der Waals surface area contributed by atoms with E-state index in [1.54, 1.807) is 12.1 Å². The van der Waals surface area contributed by atoms with Crippen molar-refractivity contribution < 1.29 is 23.7 Å². The van der Waals surface area contributed by atoms with Gasteiger partial charge in [-0.25, -0.2) is 4.79 Å². The molecule has 1 fully saturated rings. The molecule has 0 aliphatic carbocycles. The number of nitrogens with zero attached hydrogens (tertiary/aromatic N) is 1. The fraction of sp³-hybridized carbons (Fsp3) is 0.611. The van der Waals surface area contributed by atoms with Crippen LogP contribution in [0.15, 0.2) is 24.3 Å².